The fraction of sp³-hybridized carbons (Fsp3) is 0.680. The molecule has 0 heterocycles. The Balaban J connectivity index is 0.000000590. The molecular formula is C25H42N2O3Sn. The second kappa shape index (κ2) is 23.4. The minimum absolute atomic E-state index is 0.0736. The second-order valence-electron chi connectivity index (χ2n) is 7.63. The Kier molecular flexibility index (Phi) is 22.5. The monoisotopic (exact) mass is 538 g/mol. The molecule has 1 rings (SSSR count). The summed E-state index contributed by atoms with van der Waals surface area (Å²) in [5, 5.41) is 27.7. The van der Waals surface area contributed by atoms with E-state index < -0.39 is 0 Å². The third-order valence-corrected chi connectivity index (χ3v) is 8.99. The molecule has 0 N–H and O–H groups in total. The number of nitrogens with zero attached hydrogens (tertiary/aromatic N) is 2. The van der Waals surface area contributed by atoms with Crippen LogP contribution in [0.15, 0.2) is 28.4 Å². The summed E-state index contributed by atoms with van der Waals surface area (Å²) in [5.74, 6) is -0.0418. The van der Waals surface area contributed by atoms with Gasteiger partial charge in [-0.05, 0) is 18.0 Å². The van der Waals surface area contributed by atoms with Crippen LogP contribution in [0.25, 0.3) is 0 Å². The van der Waals surface area contributed by atoms with Crippen molar-refractivity contribution < 1.29 is 14.9 Å². The Hall–Kier alpha value is -1.24. The Labute approximate surface area is 200 Å². The van der Waals surface area contributed by atoms with Crippen molar-refractivity contribution in [3.63, 3.8) is 0 Å². The molecule has 0 saturated heterocycles. The van der Waals surface area contributed by atoms with Crippen LogP contribution in [0.2, 0.25) is 8.87 Å². The van der Waals surface area contributed by atoms with Gasteiger partial charge in [0.2, 0.25) is 0 Å². The van der Waals surface area contributed by atoms with Gasteiger partial charge >= 0.3 is 121 Å². The number of unbranched alkanes of at least 4 members (excludes halogenated alkanes) is 10. The maximum Gasteiger partial charge on any atom is 0.111 e. The number of rotatable bonds is 17. The molecule has 0 bridgehead atoms. The number of hydrogen-bond acceptors (Lipinski definition) is 5. The van der Waals surface area contributed by atoms with Gasteiger partial charge in [0.25, 0.3) is 0 Å². The summed E-state index contributed by atoms with van der Waals surface area (Å²) in [6, 6.07) is 4.77. The van der Waals surface area contributed by atoms with E-state index in [0.717, 1.165) is 0 Å². The average Bonchev–Trinajstić information content (AvgIpc) is 2.79. The minimum Gasteiger partial charge on any atom is -0.870 e. The molecule has 0 aliphatic heterocycles. The summed E-state index contributed by atoms with van der Waals surface area (Å²) < 4.78 is 8.13. The average molecular weight is 537 g/mol. The summed E-state index contributed by atoms with van der Waals surface area (Å²) in [4.78, 5) is 0. The first-order valence-corrected chi connectivity index (χ1v) is 16.0. The molecule has 0 spiro atoms. The Bertz CT molecular complexity index is 566. The molecule has 0 atom stereocenters. The van der Waals surface area contributed by atoms with Crippen LogP contribution in [0.1, 0.15) is 96.5 Å². The van der Waals surface area contributed by atoms with Gasteiger partial charge in [-0.1, -0.05) is 17.9 Å². The molecular weight excluding hydrogens is 495 g/mol. The Morgan fingerprint density at radius 1 is 0.839 bits per heavy atom. The fourth-order valence-corrected chi connectivity index (χ4v) is 6.67. The molecule has 0 fully saturated rings. The minimum atomic E-state index is -0.278. The van der Waals surface area contributed by atoms with Crippen LogP contribution < -0.4 is 14.9 Å². The predicted octanol–water partition coefficient (Wildman–Crippen LogP) is 5.74. The maximum atomic E-state index is 11.4. The van der Waals surface area contributed by atoms with E-state index >= 15 is 0 Å². The third kappa shape index (κ3) is 18.1. The molecule has 0 unspecified atom stereocenters. The van der Waals surface area contributed by atoms with Gasteiger partial charge in [-0.15, -0.1) is 0 Å². The molecule has 1 aromatic rings. The number of methoxy groups -OCH3 is 1. The molecule has 0 aliphatic rings. The molecule has 6 heteroatoms. The number of ether oxygens (including phenoxy) is 1. The van der Waals surface area contributed by atoms with E-state index in [9.17, 15) is 10.2 Å². The predicted molar refractivity (Wildman–Crippen MR) is 131 cm³/mol. The van der Waals surface area contributed by atoms with E-state index in [2.05, 4.69) is 24.1 Å². The quantitative estimate of drug-likeness (QED) is 0.0836. The molecule has 0 radical (unpaired) electrons. The van der Waals surface area contributed by atoms with Crippen LogP contribution in [-0.2, 0) is 0 Å². The van der Waals surface area contributed by atoms with Gasteiger partial charge in [0.05, 0.1) is 13.3 Å². The van der Waals surface area contributed by atoms with Crippen molar-refractivity contribution in [3.8, 4) is 11.5 Å². The van der Waals surface area contributed by atoms with E-state index in [-0.39, 0.29) is 32.6 Å². The van der Waals surface area contributed by atoms with Gasteiger partial charge in [0.15, 0.2) is 0 Å². The maximum absolute atomic E-state index is 11.4. The van der Waals surface area contributed by atoms with E-state index in [1.165, 1.54) is 77.5 Å². The first kappa shape index (κ1) is 29.8. The van der Waals surface area contributed by atoms with Crippen LogP contribution in [-0.4, -0.2) is 40.9 Å². The fourth-order valence-electron chi connectivity index (χ4n) is 3.10. The summed E-state index contributed by atoms with van der Waals surface area (Å²) in [7, 11) is 1.41. The van der Waals surface area contributed by atoms with Gasteiger partial charge in [-0.3, -0.25) is 0 Å². The largest absolute Gasteiger partial charge is 0.870 e. The Morgan fingerprint density at radius 3 is 1.90 bits per heavy atom. The van der Waals surface area contributed by atoms with Crippen LogP contribution in [0, 0.1) is 0 Å². The molecule has 174 valence electrons. The van der Waals surface area contributed by atoms with Crippen LogP contribution >= 0.6 is 0 Å². The van der Waals surface area contributed by atoms with Crippen molar-refractivity contribution in [3.05, 3.63) is 23.8 Å². The standard InChI is InChI=1S/C9H10N2O3.2C8H17.Sn/c1-14-8-4-2-3-7(9(8)13)5-10-11-6-12;2*1-3-5-7-8-6-4-2;/h2-6,13H,1H3,(H,11,12);2*1,3-8H2,2H3;/q;;;+2/p-2/b10-5+;;;. The number of para-hydroxylation sites is 1. The Morgan fingerprint density at radius 2 is 1.39 bits per heavy atom. The molecule has 0 aromatic heterocycles. The zero-order chi connectivity index (χ0) is 23.0. The number of benzene rings is 1. The first-order valence-electron chi connectivity index (χ1n) is 11.9. The van der Waals surface area contributed by atoms with Crippen molar-refractivity contribution in [2.45, 2.75) is 99.8 Å². The molecule has 0 aliphatic carbocycles. The first-order chi connectivity index (χ1) is 15.2. The summed E-state index contributed by atoms with van der Waals surface area (Å²) in [6.45, 7) is 4.60. The van der Waals surface area contributed by atoms with Crippen molar-refractivity contribution in [1.29, 1.82) is 0 Å². The van der Waals surface area contributed by atoms with Crippen molar-refractivity contribution in [2.24, 2.45) is 10.2 Å². The third-order valence-electron chi connectivity index (χ3n) is 4.95. The van der Waals surface area contributed by atoms with Crippen LogP contribution in [0.3, 0.4) is 0 Å². The number of hydrogen-bond donors (Lipinski definition) is 0. The van der Waals surface area contributed by atoms with Crippen LogP contribution in [0.4, 0.5) is 0 Å². The molecule has 5 nitrogen and oxygen atoms in total. The normalized spacial score (nSPS) is 10.8. The van der Waals surface area contributed by atoms with E-state index in [4.69, 9.17) is 4.74 Å². The second-order valence-corrected chi connectivity index (χ2v) is 11.9. The summed E-state index contributed by atoms with van der Waals surface area (Å²) >= 11 is 0.0736. The zero-order valence-corrected chi connectivity index (χ0v) is 22.8. The molecule has 0 amide bonds. The van der Waals surface area contributed by atoms with E-state index in [1.54, 1.807) is 39.9 Å². The summed E-state index contributed by atoms with van der Waals surface area (Å²) in [6.07, 6.45) is 19.3. The molecule has 1 aromatic carbocycles. The van der Waals surface area contributed by atoms with Crippen molar-refractivity contribution in [2.75, 3.05) is 7.11 Å². The van der Waals surface area contributed by atoms with Crippen molar-refractivity contribution >= 4 is 33.8 Å². The summed E-state index contributed by atoms with van der Waals surface area (Å²) in [5.41, 5.74) is 0.329. The van der Waals surface area contributed by atoms with Gasteiger partial charge in [-0.25, -0.2) is 0 Å². The SMILES string of the molecule is CCCCCCC[CH2][Sn+2][CH2]CCCCCCC.COc1cccc(/C=N/N=C\[O-])c1[O-]. The van der Waals surface area contributed by atoms with Gasteiger partial charge < -0.3 is 14.9 Å². The van der Waals surface area contributed by atoms with Gasteiger partial charge in [0, 0.05) is 0 Å². The smallest absolute Gasteiger partial charge is 0.111 e. The topological polar surface area (TPSA) is 80.1 Å². The zero-order valence-electron chi connectivity index (χ0n) is 19.9. The van der Waals surface area contributed by atoms with Crippen molar-refractivity contribution in [1.82, 2.24) is 0 Å². The van der Waals surface area contributed by atoms with E-state index in [0.29, 0.717) is 12.0 Å². The van der Waals surface area contributed by atoms with E-state index in [1.807, 2.05) is 0 Å². The van der Waals surface area contributed by atoms with Gasteiger partial charge in [0.1, 0.15) is 5.75 Å². The molecule has 0 saturated carbocycles. The molecule has 31 heavy (non-hydrogen) atoms. The van der Waals surface area contributed by atoms with Crippen LogP contribution in [0.5, 0.6) is 11.5 Å². The van der Waals surface area contributed by atoms with Gasteiger partial charge in [-0.2, -0.15) is 10.2 Å².